The van der Waals surface area contributed by atoms with Crippen LogP contribution in [0.2, 0.25) is 0 Å². The van der Waals surface area contributed by atoms with Crippen molar-refractivity contribution in [1.29, 1.82) is 0 Å². The quantitative estimate of drug-likeness (QED) is 0.860. The van der Waals surface area contributed by atoms with Crippen LogP contribution in [-0.4, -0.2) is 29.5 Å². The summed E-state index contributed by atoms with van der Waals surface area (Å²) in [5, 5.41) is 8.94. The summed E-state index contributed by atoms with van der Waals surface area (Å²) in [6, 6.07) is 0.952. The predicted molar refractivity (Wildman–Crippen MR) is 57.1 cm³/mol. The summed E-state index contributed by atoms with van der Waals surface area (Å²) in [4.78, 5) is 14.1. The molecule has 1 rings (SSSR count). The van der Waals surface area contributed by atoms with Crippen molar-refractivity contribution in [3.8, 4) is 11.6 Å². The van der Waals surface area contributed by atoms with Crippen LogP contribution in [0, 0.1) is 0 Å². The molecule has 18 heavy (non-hydrogen) atoms. The van der Waals surface area contributed by atoms with E-state index < -0.39 is 23.9 Å². The van der Waals surface area contributed by atoms with Crippen LogP contribution in [0.1, 0.15) is 16.1 Å². The molecule has 1 aromatic heterocycles. The van der Waals surface area contributed by atoms with Crippen molar-refractivity contribution in [2.24, 2.45) is 0 Å². The normalized spacial score (nSPS) is 11.2. The van der Waals surface area contributed by atoms with Crippen LogP contribution < -0.4 is 9.47 Å². The van der Waals surface area contributed by atoms with Gasteiger partial charge in [-0.1, -0.05) is 15.9 Å². The number of methoxy groups -OCH3 is 1. The first-order valence-electron chi connectivity index (χ1n) is 4.41. The summed E-state index contributed by atoms with van der Waals surface area (Å²) in [6.45, 7) is 0. The van der Waals surface area contributed by atoms with E-state index in [9.17, 15) is 18.0 Å². The average Bonchev–Trinajstić information content (AvgIpc) is 2.25. The fourth-order valence-electron chi connectivity index (χ4n) is 1.20. The number of carboxylic acids is 1. The van der Waals surface area contributed by atoms with Crippen LogP contribution in [-0.2, 0) is 5.33 Å². The Kier molecular flexibility index (Phi) is 4.38. The minimum atomic E-state index is -4.94. The molecular weight excluding hydrogens is 323 g/mol. The molecule has 0 atom stereocenters. The zero-order valence-electron chi connectivity index (χ0n) is 8.92. The number of aromatic carboxylic acids is 1. The monoisotopic (exact) mass is 329 g/mol. The first-order valence-corrected chi connectivity index (χ1v) is 5.53. The molecule has 100 valence electrons. The number of halogens is 4. The minimum absolute atomic E-state index is 0.0905. The first-order chi connectivity index (χ1) is 8.28. The third-order valence-electron chi connectivity index (χ3n) is 1.80. The van der Waals surface area contributed by atoms with Gasteiger partial charge in [0.1, 0.15) is 0 Å². The standard InChI is InChI=1S/C9H7BrF3NO4/c1-17-7-4(3-10)2-5(18-9(11,12)13)14-6(7)8(15)16/h2H,3H2,1H3,(H,15,16). The van der Waals surface area contributed by atoms with E-state index in [-0.39, 0.29) is 16.6 Å². The molecule has 1 N–H and O–H groups in total. The van der Waals surface area contributed by atoms with Crippen LogP contribution in [0.25, 0.3) is 0 Å². The summed E-state index contributed by atoms with van der Waals surface area (Å²) >= 11 is 3.01. The average molecular weight is 330 g/mol. The fourth-order valence-corrected chi connectivity index (χ4v) is 1.62. The second-order valence-corrected chi connectivity index (χ2v) is 3.55. The Morgan fingerprint density at radius 2 is 2.17 bits per heavy atom. The van der Waals surface area contributed by atoms with E-state index >= 15 is 0 Å². The molecule has 1 heterocycles. The van der Waals surface area contributed by atoms with Crippen molar-refractivity contribution in [3.63, 3.8) is 0 Å². The third-order valence-corrected chi connectivity index (χ3v) is 2.40. The highest BCUT2D eigenvalue weighted by Crippen LogP contribution is 2.30. The summed E-state index contributed by atoms with van der Waals surface area (Å²) in [5.74, 6) is -2.48. The fraction of sp³-hybridized carbons (Fsp3) is 0.333. The number of hydrogen-bond acceptors (Lipinski definition) is 4. The van der Waals surface area contributed by atoms with Crippen LogP contribution in [0.4, 0.5) is 13.2 Å². The van der Waals surface area contributed by atoms with Gasteiger partial charge in [-0.15, -0.1) is 13.2 Å². The number of alkyl halides is 4. The van der Waals surface area contributed by atoms with Gasteiger partial charge in [0.2, 0.25) is 5.88 Å². The van der Waals surface area contributed by atoms with Gasteiger partial charge in [-0.25, -0.2) is 9.78 Å². The number of aromatic nitrogens is 1. The molecular formula is C9H7BrF3NO4. The molecule has 1 aromatic rings. The molecule has 0 saturated carbocycles. The molecule has 0 saturated heterocycles. The lowest BCUT2D eigenvalue weighted by Gasteiger charge is -2.13. The largest absolute Gasteiger partial charge is 0.574 e. The zero-order valence-corrected chi connectivity index (χ0v) is 10.5. The SMILES string of the molecule is COc1c(CBr)cc(OC(F)(F)F)nc1C(=O)O. The van der Waals surface area contributed by atoms with Gasteiger partial charge >= 0.3 is 12.3 Å². The molecule has 5 nitrogen and oxygen atoms in total. The van der Waals surface area contributed by atoms with Gasteiger partial charge < -0.3 is 14.6 Å². The highest BCUT2D eigenvalue weighted by molar-refractivity contribution is 9.08. The van der Waals surface area contributed by atoms with E-state index in [2.05, 4.69) is 25.7 Å². The molecule has 0 spiro atoms. The Balaban J connectivity index is 3.32. The lowest BCUT2D eigenvalue weighted by atomic mass is 10.2. The third kappa shape index (κ3) is 3.49. The molecule has 0 aromatic carbocycles. The van der Waals surface area contributed by atoms with Crippen molar-refractivity contribution in [1.82, 2.24) is 4.98 Å². The van der Waals surface area contributed by atoms with Gasteiger partial charge in [0.25, 0.3) is 0 Å². The van der Waals surface area contributed by atoms with Crippen LogP contribution in [0.3, 0.4) is 0 Å². The van der Waals surface area contributed by atoms with E-state index in [1.807, 2.05) is 0 Å². The maximum Gasteiger partial charge on any atom is 0.574 e. The molecule has 0 aliphatic rings. The second-order valence-electron chi connectivity index (χ2n) is 2.99. The van der Waals surface area contributed by atoms with Crippen LogP contribution in [0.15, 0.2) is 6.07 Å². The van der Waals surface area contributed by atoms with Crippen molar-refractivity contribution >= 4 is 21.9 Å². The van der Waals surface area contributed by atoms with Gasteiger partial charge in [-0.05, 0) is 0 Å². The van der Waals surface area contributed by atoms with E-state index in [1.165, 1.54) is 7.11 Å². The molecule has 0 aliphatic heterocycles. The van der Waals surface area contributed by atoms with Crippen molar-refractivity contribution in [3.05, 3.63) is 17.3 Å². The Hall–Kier alpha value is -1.51. The lowest BCUT2D eigenvalue weighted by Crippen LogP contribution is -2.19. The lowest BCUT2D eigenvalue weighted by molar-refractivity contribution is -0.276. The Morgan fingerprint density at radius 1 is 1.56 bits per heavy atom. The summed E-state index contributed by atoms with van der Waals surface area (Å²) in [5.41, 5.74) is -0.460. The number of ether oxygens (including phenoxy) is 2. The smallest absolute Gasteiger partial charge is 0.494 e. The topological polar surface area (TPSA) is 68.7 Å². The summed E-state index contributed by atoms with van der Waals surface area (Å²) in [6.07, 6.45) is -4.94. The molecule has 0 amide bonds. The van der Waals surface area contributed by atoms with Crippen molar-refractivity contribution in [2.75, 3.05) is 7.11 Å². The van der Waals surface area contributed by atoms with E-state index in [0.717, 1.165) is 6.07 Å². The van der Waals surface area contributed by atoms with Gasteiger partial charge in [0.15, 0.2) is 11.4 Å². The predicted octanol–water partition coefficient (Wildman–Crippen LogP) is 2.58. The molecule has 0 radical (unpaired) electrons. The van der Waals surface area contributed by atoms with Gasteiger partial charge in [0.05, 0.1) is 7.11 Å². The highest BCUT2D eigenvalue weighted by atomic mass is 79.9. The van der Waals surface area contributed by atoms with E-state index in [4.69, 9.17) is 9.84 Å². The highest BCUT2D eigenvalue weighted by Gasteiger charge is 2.33. The summed E-state index contributed by atoms with van der Waals surface area (Å²) < 4.78 is 44.5. The van der Waals surface area contributed by atoms with Gasteiger partial charge in [-0.2, -0.15) is 0 Å². The van der Waals surface area contributed by atoms with E-state index in [0.29, 0.717) is 0 Å². The second kappa shape index (κ2) is 5.42. The number of carbonyl (C=O) groups is 1. The van der Waals surface area contributed by atoms with Crippen molar-refractivity contribution < 1.29 is 32.5 Å². The molecule has 0 bridgehead atoms. The summed E-state index contributed by atoms with van der Waals surface area (Å²) in [7, 11) is 1.19. The molecule has 0 aliphatic carbocycles. The Labute approximate surface area is 108 Å². The number of nitrogens with zero attached hydrogens (tertiary/aromatic N) is 1. The number of carboxylic acid groups (broad SMARTS) is 1. The number of pyridine rings is 1. The van der Waals surface area contributed by atoms with E-state index in [1.54, 1.807) is 0 Å². The molecule has 0 unspecified atom stereocenters. The number of rotatable bonds is 4. The maximum atomic E-state index is 12.0. The molecule has 9 heteroatoms. The minimum Gasteiger partial charge on any atom is -0.494 e. The number of hydrogen-bond donors (Lipinski definition) is 1. The van der Waals surface area contributed by atoms with Crippen molar-refractivity contribution in [2.45, 2.75) is 11.7 Å². The van der Waals surface area contributed by atoms with Gasteiger partial charge in [0, 0.05) is 17.0 Å². The molecule has 0 fully saturated rings. The van der Waals surface area contributed by atoms with Crippen LogP contribution in [0.5, 0.6) is 11.6 Å². The van der Waals surface area contributed by atoms with Gasteiger partial charge in [-0.3, -0.25) is 0 Å². The Morgan fingerprint density at radius 3 is 2.56 bits per heavy atom. The zero-order chi connectivity index (χ0) is 13.9. The first kappa shape index (κ1) is 14.6. The maximum absolute atomic E-state index is 12.0. The Bertz CT molecular complexity index is 464. The van der Waals surface area contributed by atoms with Crippen LogP contribution >= 0.6 is 15.9 Å².